The molecule has 0 aliphatic carbocycles. The molecule has 0 amide bonds. The zero-order chi connectivity index (χ0) is 12.7. The van der Waals surface area contributed by atoms with Gasteiger partial charge in [-0.15, -0.1) is 11.3 Å². The third-order valence-corrected chi connectivity index (χ3v) is 4.14. The molecule has 0 bridgehead atoms. The topological polar surface area (TPSA) is 51.8 Å². The summed E-state index contributed by atoms with van der Waals surface area (Å²) >= 11 is 5.10. The number of hydrogen-bond acceptors (Lipinski definition) is 4. The number of aromatic nitrogens is 2. The summed E-state index contributed by atoms with van der Waals surface area (Å²) in [6.45, 7) is 2.07. The van der Waals surface area contributed by atoms with Gasteiger partial charge in [-0.05, 0) is 37.3 Å². The Balaban J connectivity index is 2.24. The molecular formula is C13H10BrN3S. The van der Waals surface area contributed by atoms with Crippen LogP contribution in [0.1, 0.15) is 4.88 Å². The molecule has 0 saturated carbocycles. The van der Waals surface area contributed by atoms with Crippen LogP contribution in [0.3, 0.4) is 0 Å². The number of nitrogens with two attached hydrogens (primary N) is 1. The first-order valence-electron chi connectivity index (χ1n) is 5.43. The summed E-state index contributed by atoms with van der Waals surface area (Å²) in [7, 11) is 0. The fourth-order valence-electron chi connectivity index (χ4n) is 1.79. The molecule has 0 saturated heterocycles. The maximum Gasteiger partial charge on any atom is 0.172 e. The second kappa shape index (κ2) is 4.33. The second-order valence-corrected chi connectivity index (χ2v) is 6.21. The highest BCUT2D eigenvalue weighted by molar-refractivity contribution is 9.10. The van der Waals surface area contributed by atoms with Crippen molar-refractivity contribution in [3.05, 3.63) is 39.7 Å². The summed E-state index contributed by atoms with van der Waals surface area (Å²) in [5, 5.41) is 0.876. The van der Waals surface area contributed by atoms with Crippen LogP contribution in [0.15, 0.2) is 34.8 Å². The zero-order valence-corrected chi connectivity index (χ0v) is 12.0. The van der Waals surface area contributed by atoms with Crippen LogP contribution < -0.4 is 5.73 Å². The summed E-state index contributed by atoms with van der Waals surface area (Å²) in [6, 6.07) is 9.93. The molecule has 0 spiro atoms. The molecule has 2 aromatic heterocycles. The molecule has 90 valence electrons. The van der Waals surface area contributed by atoms with E-state index < -0.39 is 0 Å². The number of rotatable bonds is 1. The maximum atomic E-state index is 6.00. The Bertz CT molecular complexity index is 736. The van der Waals surface area contributed by atoms with Crippen LogP contribution in [-0.4, -0.2) is 9.97 Å². The van der Waals surface area contributed by atoms with E-state index in [1.165, 1.54) is 4.88 Å². The Kier molecular flexibility index (Phi) is 2.80. The van der Waals surface area contributed by atoms with Crippen molar-refractivity contribution in [2.75, 3.05) is 5.73 Å². The fraction of sp³-hybridized carbons (Fsp3) is 0.0769. The Labute approximate surface area is 117 Å². The van der Waals surface area contributed by atoms with Gasteiger partial charge in [-0.2, -0.15) is 0 Å². The second-order valence-electron chi connectivity index (χ2n) is 4.00. The van der Waals surface area contributed by atoms with E-state index in [4.69, 9.17) is 5.73 Å². The standard InChI is InChI=1S/C13H10BrN3S/c1-7-2-5-11(18-7)13-16-10-4-3-8(14)6-9(10)12(15)17-13/h2-6H,1H3,(H2,15,16,17). The molecule has 3 aromatic rings. The summed E-state index contributed by atoms with van der Waals surface area (Å²) in [6.07, 6.45) is 0. The minimum absolute atomic E-state index is 0.516. The molecule has 3 nitrogen and oxygen atoms in total. The van der Waals surface area contributed by atoms with Crippen molar-refractivity contribution >= 4 is 44.0 Å². The Morgan fingerprint density at radius 1 is 1.17 bits per heavy atom. The van der Waals surface area contributed by atoms with Gasteiger partial charge in [0, 0.05) is 14.7 Å². The number of aryl methyl sites for hydroxylation is 1. The molecule has 0 radical (unpaired) electrons. The average Bonchev–Trinajstić information content (AvgIpc) is 2.77. The summed E-state index contributed by atoms with van der Waals surface area (Å²) in [4.78, 5) is 11.2. The van der Waals surface area contributed by atoms with E-state index in [0.717, 1.165) is 20.3 Å². The van der Waals surface area contributed by atoms with E-state index in [2.05, 4.69) is 38.9 Å². The molecule has 3 rings (SSSR count). The molecule has 0 fully saturated rings. The van der Waals surface area contributed by atoms with Gasteiger partial charge in [0.15, 0.2) is 5.82 Å². The van der Waals surface area contributed by atoms with Crippen LogP contribution in [0.4, 0.5) is 5.82 Å². The van der Waals surface area contributed by atoms with Crippen molar-refractivity contribution in [2.45, 2.75) is 6.92 Å². The highest BCUT2D eigenvalue weighted by Gasteiger charge is 2.09. The number of thiophene rings is 1. The summed E-state index contributed by atoms with van der Waals surface area (Å²) < 4.78 is 0.977. The van der Waals surface area contributed by atoms with Crippen LogP contribution >= 0.6 is 27.3 Å². The molecule has 18 heavy (non-hydrogen) atoms. The number of halogens is 1. The lowest BCUT2D eigenvalue weighted by molar-refractivity contribution is 1.25. The van der Waals surface area contributed by atoms with Gasteiger partial charge in [-0.1, -0.05) is 15.9 Å². The number of fused-ring (bicyclic) bond motifs is 1. The summed E-state index contributed by atoms with van der Waals surface area (Å²) in [5.41, 5.74) is 6.87. The molecule has 2 heterocycles. The van der Waals surface area contributed by atoms with Gasteiger partial charge < -0.3 is 5.73 Å². The van der Waals surface area contributed by atoms with Crippen molar-refractivity contribution in [1.82, 2.24) is 9.97 Å². The monoisotopic (exact) mass is 319 g/mol. The molecule has 0 unspecified atom stereocenters. The highest BCUT2D eigenvalue weighted by Crippen LogP contribution is 2.29. The van der Waals surface area contributed by atoms with Crippen LogP contribution in [0, 0.1) is 6.92 Å². The third kappa shape index (κ3) is 2.00. The van der Waals surface area contributed by atoms with E-state index in [-0.39, 0.29) is 0 Å². The minimum atomic E-state index is 0.516. The molecule has 5 heteroatoms. The molecule has 1 aromatic carbocycles. The van der Waals surface area contributed by atoms with Crippen LogP contribution in [0.5, 0.6) is 0 Å². The van der Waals surface area contributed by atoms with Crippen LogP contribution in [0.25, 0.3) is 21.6 Å². The van der Waals surface area contributed by atoms with Gasteiger partial charge in [-0.25, -0.2) is 9.97 Å². The van der Waals surface area contributed by atoms with E-state index >= 15 is 0 Å². The van der Waals surface area contributed by atoms with Crippen LogP contribution in [0.2, 0.25) is 0 Å². The maximum absolute atomic E-state index is 6.00. The van der Waals surface area contributed by atoms with Crippen molar-refractivity contribution in [1.29, 1.82) is 0 Å². The first-order chi connectivity index (χ1) is 8.63. The smallest absolute Gasteiger partial charge is 0.172 e. The number of hydrogen-bond donors (Lipinski definition) is 1. The van der Waals surface area contributed by atoms with E-state index in [1.54, 1.807) is 11.3 Å². The van der Waals surface area contributed by atoms with Gasteiger partial charge in [0.2, 0.25) is 0 Å². The van der Waals surface area contributed by atoms with Gasteiger partial charge in [0.25, 0.3) is 0 Å². The predicted molar refractivity (Wildman–Crippen MR) is 79.7 cm³/mol. The zero-order valence-electron chi connectivity index (χ0n) is 9.64. The first kappa shape index (κ1) is 11.6. The molecule has 0 aliphatic heterocycles. The molecular weight excluding hydrogens is 310 g/mol. The van der Waals surface area contributed by atoms with Gasteiger partial charge in [0.05, 0.1) is 10.4 Å². The van der Waals surface area contributed by atoms with Gasteiger partial charge in [-0.3, -0.25) is 0 Å². The number of nitrogen functional groups attached to an aromatic ring is 1. The quantitative estimate of drug-likeness (QED) is 0.737. The van der Waals surface area contributed by atoms with Crippen molar-refractivity contribution in [3.8, 4) is 10.7 Å². The Morgan fingerprint density at radius 3 is 2.72 bits per heavy atom. The molecule has 2 N–H and O–H groups in total. The Hall–Kier alpha value is -1.46. The molecule has 0 atom stereocenters. The van der Waals surface area contributed by atoms with E-state index in [0.29, 0.717) is 11.6 Å². The highest BCUT2D eigenvalue weighted by atomic mass is 79.9. The van der Waals surface area contributed by atoms with Crippen LogP contribution in [-0.2, 0) is 0 Å². The van der Waals surface area contributed by atoms with E-state index in [9.17, 15) is 0 Å². The van der Waals surface area contributed by atoms with Crippen molar-refractivity contribution in [2.24, 2.45) is 0 Å². The Morgan fingerprint density at radius 2 is 2.00 bits per heavy atom. The summed E-state index contributed by atoms with van der Waals surface area (Å²) in [5.74, 6) is 1.21. The number of anilines is 1. The number of nitrogens with zero attached hydrogens (tertiary/aromatic N) is 2. The lowest BCUT2D eigenvalue weighted by Crippen LogP contribution is -1.96. The first-order valence-corrected chi connectivity index (χ1v) is 7.04. The normalized spacial score (nSPS) is 11.0. The van der Waals surface area contributed by atoms with Crippen molar-refractivity contribution < 1.29 is 0 Å². The SMILES string of the molecule is Cc1ccc(-c2nc(N)c3cc(Br)ccc3n2)s1. The van der Waals surface area contributed by atoms with Gasteiger partial charge >= 0.3 is 0 Å². The van der Waals surface area contributed by atoms with Crippen molar-refractivity contribution in [3.63, 3.8) is 0 Å². The lowest BCUT2D eigenvalue weighted by atomic mass is 10.2. The predicted octanol–water partition coefficient (Wildman–Crippen LogP) is 4.01. The minimum Gasteiger partial charge on any atom is -0.383 e. The fourth-order valence-corrected chi connectivity index (χ4v) is 2.95. The van der Waals surface area contributed by atoms with E-state index in [1.807, 2.05) is 24.3 Å². The average molecular weight is 320 g/mol. The largest absolute Gasteiger partial charge is 0.383 e. The number of benzene rings is 1. The third-order valence-electron chi connectivity index (χ3n) is 2.65. The lowest BCUT2D eigenvalue weighted by Gasteiger charge is -2.04. The molecule has 0 aliphatic rings. The van der Waals surface area contributed by atoms with Gasteiger partial charge in [0.1, 0.15) is 5.82 Å².